The van der Waals surface area contributed by atoms with E-state index < -0.39 is 10.7 Å². The number of aryl methyl sites for hydroxylation is 1. The summed E-state index contributed by atoms with van der Waals surface area (Å²) in [5.41, 5.74) is 0.922. The van der Waals surface area contributed by atoms with Crippen molar-refractivity contribution < 1.29 is 23.2 Å². The number of benzene rings is 3. The highest BCUT2D eigenvalue weighted by atomic mass is 19.1. The Morgan fingerprint density at radius 3 is 2.65 bits per heavy atom. The van der Waals surface area contributed by atoms with Crippen molar-refractivity contribution in [3.63, 3.8) is 0 Å². The van der Waals surface area contributed by atoms with Crippen LogP contribution < -0.4 is 14.8 Å². The maximum atomic E-state index is 15.0. The molecule has 5 rings (SSSR count). The third kappa shape index (κ3) is 4.98. The highest BCUT2D eigenvalue weighted by Crippen LogP contribution is 2.35. The second kappa shape index (κ2) is 9.85. The lowest BCUT2D eigenvalue weighted by molar-refractivity contribution is -0.385. The molecule has 3 aromatic carbocycles. The quantitative estimate of drug-likeness (QED) is 0.199. The molecule has 1 N–H and O–H groups in total. The minimum atomic E-state index is -0.617. The Morgan fingerprint density at radius 2 is 1.92 bits per heavy atom. The van der Waals surface area contributed by atoms with E-state index in [0.29, 0.717) is 34.0 Å². The molecule has 37 heavy (non-hydrogen) atoms. The molecule has 0 bridgehead atoms. The van der Waals surface area contributed by atoms with Crippen LogP contribution >= 0.6 is 0 Å². The Kier molecular flexibility index (Phi) is 6.29. The van der Waals surface area contributed by atoms with Crippen molar-refractivity contribution in [2.24, 2.45) is 0 Å². The maximum Gasteiger partial charge on any atom is 0.311 e. The van der Waals surface area contributed by atoms with Gasteiger partial charge in [0.25, 0.3) is 0 Å². The second-order valence-corrected chi connectivity index (χ2v) is 7.77. The van der Waals surface area contributed by atoms with Gasteiger partial charge >= 0.3 is 5.69 Å². The zero-order valence-corrected chi connectivity index (χ0v) is 19.6. The van der Waals surface area contributed by atoms with Gasteiger partial charge in [0.15, 0.2) is 5.75 Å². The fourth-order valence-corrected chi connectivity index (χ4v) is 3.62. The average molecular weight is 502 g/mol. The minimum absolute atomic E-state index is 0.0932. The first kappa shape index (κ1) is 23.6. The van der Waals surface area contributed by atoms with Crippen LogP contribution in [0.5, 0.6) is 17.2 Å². The van der Waals surface area contributed by atoms with Gasteiger partial charge in [-0.3, -0.25) is 10.1 Å². The standard InChI is InChI=1S/C25H19FN6O5/c1-3-35-23-12-21-18(11-22(23)32(33)34)24(28-13-27-21)29-20-8-7-17(10-19(20)26)37-16-6-4-5-15(9-16)25-31-30-14(2)36-25/h4-13H,3H2,1-2H3,(H,27,28,29). The number of hydrogen-bond acceptors (Lipinski definition) is 10. The molecule has 0 aliphatic heterocycles. The molecule has 0 saturated carbocycles. The zero-order valence-electron chi connectivity index (χ0n) is 19.6. The van der Waals surface area contributed by atoms with E-state index in [1.807, 2.05) is 0 Å². The molecule has 0 aliphatic carbocycles. The van der Waals surface area contributed by atoms with Gasteiger partial charge < -0.3 is 19.2 Å². The summed E-state index contributed by atoms with van der Waals surface area (Å²) in [6.07, 6.45) is 1.28. The lowest BCUT2D eigenvalue weighted by atomic mass is 10.2. The Bertz CT molecular complexity index is 1620. The number of nitro groups is 1. The van der Waals surface area contributed by atoms with Crippen molar-refractivity contribution >= 4 is 28.1 Å². The second-order valence-electron chi connectivity index (χ2n) is 7.77. The van der Waals surface area contributed by atoms with Crippen LogP contribution in [0.25, 0.3) is 22.4 Å². The molecule has 11 nitrogen and oxygen atoms in total. The van der Waals surface area contributed by atoms with Crippen LogP contribution in [0, 0.1) is 22.9 Å². The lowest BCUT2D eigenvalue weighted by Gasteiger charge is -2.12. The Labute approximate surface area is 209 Å². The predicted molar refractivity (Wildman–Crippen MR) is 132 cm³/mol. The van der Waals surface area contributed by atoms with Gasteiger partial charge in [0, 0.05) is 30.7 Å². The molecule has 2 heterocycles. The van der Waals surface area contributed by atoms with Gasteiger partial charge in [0.2, 0.25) is 11.8 Å². The first-order valence-electron chi connectivity index (χ1n) is 11.1. The molecule has 12 heteroatoms. The average Bonchev–Trinajstić information content (AvgIpc) is 3.32. The molecule has 0 amide bonds. The summed E-state index contributed by atoms with van der Waals surface area (Å²) in [6.45, 7) is 3.67. The van der Waals surface area contributed by atoms with E-state index in [-0.39, 0.29) is 35.3 Å². The van der Waals surface area contributed by atoms with Crippen LogP contribution in [0.4, 0.5) is 21.6 Å². The molecule has 0 atom stereocenters. The Balaban J connectivity index is 1.40. The third-order valence-corrected chi connectivity index (χ3v) is 5.25. The van der Waals surface area contributed by atoms with E-state index in [1.165, 1.54) is 30.6 Å². The molecule has 5 aromatic rings. The summed E-state index contributed by atoms with van der Waals surface area (Å²) in [4.78, 5) is 19.3. The Morgan fingerprint density at radius 1 is 1.08 bits per heavy atom. The highest BCUT2D eigenvalue weighted by Gasteiger charge is 2.19. The summed E-state index contributed by atoms with van der Waals surface area (Å²) in [7, 11) is 0. The number of nitrogens with one attached hydrogen (secondary N) is 1. The number of hydrogen-bond donors (Lipinski definition) is 1. The first-order valence-corrected chi connectivity index (χ1v) is 11.1. The van der Waals surface area contributed by atoms with Crippen molar-refractivity contribution in [1.82, 2.24) is 20.2 Å². The van der Waals surface area contributed by atoms with Gasteiger partial charge in [-0.2, -0.15) is 0 Å². The number of rotatable bonds is 8. The van der Waals surface area contributed by atoms with Crippen molar-refractivity contribution in [2.75, 3.05) is 11.9 Å². The zero-order chi connectivity index (χ0) is 25.9. The normalized spacial score (nSPS) is 10.9. The molecule has 0 unspecified atom stereocenters. The van der Waals surface area contributed by atoms with Gasteiger partial charge in [-0.1, -0.05) is 6.07 Å². The van der Waals surface area contributed by atoms with Crippen LogP contribution in [-0.4, -0.2) is 31.7 Å². The Hall–Kier alpha value is -5.13. The molecule has 0 spiro atoms. The largest absolute Gasteiger partial charge is 0.487 e. The first-order chi connectivity index (χ1) is 17.9. The molecule has 0 radical (unpaired) electrons. The number of aromatic nitrogens is 4. The van der Waals surface area contributed by atoms with E-state index in [9.17, 15) is 10.1 Å². The number of nitrogens with zero attached hydrogens (tertiary/aromatic N) is 5. The smallest absolute Gasteiger partial charge is 0.311 e. The summed E-state index contributed by atoms with van der Waals surface area (Å²) < 4.78 is 31.6. The van der Waals surface area contributed by atoms with E-state index in [4.69, 9.17) is 13.9 Å². The van der Waals surface area contributed by atoms with Gasteiger partial charge in [-0.05, 0) is 37.3 Å². The number of halogens is 1. The minimum Gasteiger partial charge on any atom is -0.487 e. The molecular formula is C25H19FN6O5. The number of anilines is 2. The van der Waals surface area contributed by atoms with E-state index in [1.54, 1.807) is 44.2 Å². The van der Waals surface area contributed by atoms with E-state index in [2.05, 4.69) is 25.5 Å². The molecule has 0 aliphatic rings. The fourth-order valence-electron chi connectivity index (χ4n) is 3.62. The highest BCUT2D eigenvalue weighted by molar-refractivity contribution is 5.93. The van der Waals surface area contributed by atoms with E-state index in [0.717, 1.165) is 0 Å². The summed E-state index contributed by atoms with van der Waals surface area (Å²) in [5, 5.41) is 22.6. The lowest BCUT2D eigenvalue weighted by Crippen LogP contribution is -2.01. The molecular weight excluding hydrogens is 483 g/mol. The summed E-state index contributed by atoms with van der Waals surface area (Å²) in [6, 6.07) is 14.0. The number of ether oxygens (including phenoxy) is 2. The number of nitro benzene ring substituents is 1. The van der Waals surface area contributed by atoms with Crippen LogP contribution in [0.15, 0.2) is 65.3 Å². The topological polar surface area (TPSA) is 138 Å². The van der Waals surface area contributed by atoms with E-state index >= 15 is 4.39 Å². The van der Waals surface area contributed by atoms with Crippen molar-refractivity contribution in [3.05, 3.63) is 82.7 Å². The van der Waals surface area contributed by atoms with Gasteiger partial charge in [-0.25, -0.2) is 14.4 Å². The molecule has 186 valence electrons. The molecule has 2 aromatic heterocycles. The van der Waals surface area contributed by atoms with Crippen LogP contribution in [0.3, 0.4) is 0 Å². The van der Waals surface area contributed by atoms with Gasteiger partial charge in [0.05, 0.1) is 28.1 Å². The summed E-state index contributed by atoms with van der Waals surface area (Å²) in [5.74, 6) is 1.17. The monoisotopic (exact) mass is 502 g/mol. The van der Waals surface area contributed by atoms with Crippen molar-refractivity contribution in [1.29, 1.82) is 0 Å². The predicted octanol–water partition coefficient (Wildman–Crippen LogP) is 5.97. The van der Waals surface area contributed by atoms with Gasteiger partial charge in [0.1, 0.15) is 29.5 Å². The van der Waals surface area contributed by atoms with Crippen molar-refractivity contribution in [2.45, 2.75) is 13.8 Å². The van der Waals surface area contributed by atoms with Crippen LogP contribution in [-0.2, 0) is 0 Å². The summed E-state index contributed by atoms with van der Waals surface area (Å²) >= 11 is 0. The van der Waals surface area contributed by atoms with Crippen LogP contribution in [0.2, 0.25) is 0 Å². The van der Waals surface area contributed by atoms with Gasteiger partial charge in [-0.15, -0.1) is 10.2 Å². The molecule has 0 fully saturated rings. The SMILES string of the molecule is CCOc1cc2ncnc(Nc3ccc(Oc4cccc(-c5nnc(C)o5)c4)cc3F)c2cc1[N+](=O)[O-]. The fraction of sp³-hybridized carbons (Fsp3) is 0.120. The third-order valence-electron chi connectivity index (χ3n) is 5.25. The molecule has 0 saturated heterocycles. The maximum absolute atomic E-state index is 15.0. The van der Waals surface area contributed by atoms with Crippen LogP contribution in [0.1, 0.15) is 12.8 Å². The number of fused-ring (bicyclic) bond motifs is 1. The van der Waals surface area contributed by atoms with Crippen molar-refractivity contribution in [3.8, 4) is 28.7 Å².